The summed E-state index contributed by atoms with van der Waals surface area (Å²) in [5.74, 6) is 0.732. The number of esters is 1. The van der Waals surface area contributed by atoms with Gasteiger partial charge in [0, 0.05) is 12.3 Å². The Morgan fingerprint density at radius 3 is 2.93 bits per heavy atom. The van der Waals surface area contributed by atoms with E-state index in [4.69, 9.17) is 4.74 Å². The van der Waals surface area contributed by atoms with Crippen LogP contribution < -0.4 is 0 Å². The number of hydrogen-bond donors (Lipinski definition) is 0. The molecule has 2 saturated carbocycles. The predicted molar refractivity (Wildman–Crippen MR) is 55.2 cm³/mol. The Labute approximate surface area is 90.2 Å². The predicted octanol–water partition coefficient (Wildman–Crippen LogP) is 1.94. The van der Waals surface area contributed by atoms with Crippen molar-refractivity contribution in [2.24, 2.45) is 17.8 Å². The molecule has 0 heterocycles. The monoisotopic (exact) mass is 210 g/mol. The van der Waals surface area contributed by atoms with Crippen molar-refractivity contribution in [3.05, 3.63) is 0 Å². The third-order valence-electron chi connectivity index (χ3n) is 3.79. The van der Waals surface area contributed by atoms with Crippen LogP contribution in [0.2, 0.25) is 0 Å². The molecular weight excluding hydrogens is 192 g/mol. The Kier molecular flexibility index (Phi) is 3.08. The van der Waals surface area contributed by atoms with E-state index in [-0.39, 0.29) is 23.7 Å². The fourth-order valence-corrected chi connectivity index (χ4v) is 3.11. The van der Waals surface area contributed by atoms with E-state index in [0.717, 1.165) is 32.1 Å². The second-order valence-corrected chi connectivity index (χ2v) is 4.56. The Balaban J connectivity index is 2.04. The fraction of sp³-hybridized carbons (Fsp3) is 0.833. The van der Waals surface area contributed by atoms with Crippen molar-refractivity contribution in [2.75, 3.05) is 6.61 Å². The van der Waals surface area contributed by atoms with Crippen molar-refractivity contribution in [2.45, 2.75) is 39.0 Å². The number of ketones is 1. The number of Topliss-reactive ketones (excluding diaryl/α,β-unsaturated/α-hetero) is 1. The summed E-state index contributed by atoms with van der Waals surface area (Å²) in [6, 6.07) is 0. The minimum atomic E-state index is -0.0836. The zero-order valence-corrected chi connectivity index (χ0v) is 9.20. The molecule has 0 bridgehead atoms. The third-order valence-corrected chi connectivity index (χ3v) is 3.79. The van der Waals surface area contributed by atoms with Gasteiger partial charge in [0.25, 0.3) is 0 Å². The zero-order valence-electron chi connectivity index (χ0n) is 9.20. The van der Waals surface area contributed by atoms with Crippen molar-refractivity contribution in [3.63, 3.8) is 0 Å². The summed E-state index contributed by atoms with van der Waals surface area (Å²) in [6.07, 6.45) is 4.44. The van der Waals surface area contributed by atoms with Crippen LogP contribution in [0.4, 0.5) is 0 Å². The summed E-state index contributed by atoms with van der Waals surface area (Å²) in [5.41, 5.74) is 0. The molecule has 15 heavy (non-hydrogen) atoms. The van der Waals surface area contributed by atoms with Gasteiger partial charge >= 0.3 is 5.97 Å². The molecule has 0 spiro atoms. The molecule has 0 aliphatic heterocycles. The highest BCUT2D eigenvalue weighted by atomic mass is 16.5. The lowest BCUT2D eigenvalue weighted by Crippen LogP contribution is -2.31. The van der Waals surface area contributed by atoms with Crippen LogP contribution in [0.3, 0.4) is 0 Å². The average Bonchev–Trinajstić information content (AvgIpc) is 2.63. The van der Waals surface area contributed by atoms with Crippen molar-refractivity contribution in [1.29, 1.82) is 0 Å². The highest BCUT2D eigenvalue weighted by Crippen LogP contribution is 2.44. The summed E-state index contributed by atoms with van der Waals surface area (Å²) >= 11 is 0. The van der Waals surface area contributed by atoms with Gasteiger partial charge in [-0.1, -0.05) is 0 Å². The molecule has 3 heteroatoms. The van der Waals surface area contributed by atoms with E-state index in [2.05, 4.69) is 0 Å². The first kappa shape index (κ1) is 10.7. The maximum Gasteiger partial charge on any atom is 0.309 e. The van der Waals surface area contributed by atoms with Gasteiger partial charge in [-0.2, -0.15) is 0 Å². The zero-order chi connectivity index (χ0) is 10.8. The van der Waals surface area contributed by atoms with Gasteiger partial charge in [0.15, 0.2) is 0 Å². The lowest BCUT2D eigenvalue weighted by molar-refractivity contribution is -0.150. The first-order valence-electron chi connectivity index (χ1n) is 5.93. The molecule has 0 aromatic rings. The average molecular weight is 210 g/mol. The number of hydrogen-bond acceptors (Lipinski definition) is 3. The second-order valence-electron chi connectivity index (χ2n) is 4.56. The van der Waals surface area contributed by atoms with Crippen molar-refractivity contribution >= 4 is 11.8 Å². The Hall–Kier alpha value is -0.860. The third kappa shape index (κ3) is 1.92. The van der Waals surface area contributed by atoms with E-state index < -0.39 is 0 Å². The molecule has 3 nitrogen and oxygen atoms in total. The summed E-state index contributed by atoms with van der Waals surface area (Å²) in [5, 5.41) is 0. The van der Waals surface area contributed by atoms with Crippen LogP contribution in [0.15, 0.2) is 0 Å². The SMILES string of the molecule is CCOC(=O)C1CCC2C(=O)CCCC21. The van der Waals surface area contributed by atoms with E-state index in [1.165, 1.54) is 0 Å². The first-order valence-corrected chi connectivity index (χ1v) is 5.93. The fourth-order valence-electron chi connectivity index (χ4n) is 3.11. The standard InChI is InChI=1S/C12H18O3/c1-2-15-12(14)10-7-6-9-8(10)4-3-5-11(9)13/h8-10H,2-7H2,1H3. The van der Waals surface area contributed by atoms with E-state index in [0.29, 0.717) is 12.4 Å². The highest BCUT2D eigenvalue weighted by molar-refractivity contribution is 5.84. The van der Waals surface area contributed by atoms with Gasteiger partial charge < -0.3 is 4.74 Å². The number of fused-ring (bicyclic) bond motifs is 1. The Morgan fingerprint density at radius 2 is 2.20 bits per heavy atom. The lowest BCUT2D eigenvalue weighted by atomic mass is 9.77. The molecular formula is C12H18O3. The van der Waals surface area contributed by atoms with Gasteiger partial charge in [-0.25, -0.2) is 0 Å². The molecule has 2 fully saturated rings. The van der Waals surface area contributed by atoms with Gasteiger partial charge in [-0.05, 0) is 38.5 Å². The molecule has 84 valence electrons. The Bertz CT molecular complexity index is 272. The van der Waals surface area contributed by atoms with E-state index in [1.54, 1.807) is 0 Å². The maximum absolute atomic E-state index is 11.7. The lowest BCUT2D eigenvalue weighted by Gasteiger charge is -2.27. The molecule has 0 radical (unpaired) electrons. The maximum atomic E-state index is 11.7. The van der Waals surface area contributed by atoms with Crippen molar-refractivity contribution in [3.8, 4) is 0 Å². The van der Waals surface area contributed by atoms with E-state index in [1.807, 2.05) is 6.92 Å². The molecule has 3 atom stereocenters. The van der Waals surface area contributed by atoms with Gasteiger partial charge in [0.2, 0.25) is 0 Å². The first-order chi connectivity index (χ1) is 7.24. The summed E-state index contributed by atoms with van der Waals surface area (Å²) < 4.78 is 5.06. The summed E-state index contributed by atoms with van der Waals surface area (Å²) in [7, 11) is 0. The smallest absolute Gasteiger partial charge is 0.309 e. The Morgan fingerprint density at radius 1 is 1.40 bits per heavy atom. The van der Waals surface area contributed by atoms with E-state index >= 15 is 0 Å². The van der Waals surface area contributed by atoms with Gasteiger partial charge in [-0.3, -0.25) is 9.59 Å². The van der Waals surface area contributed by atoms with Crippen LogP contribution in [-0.2, 0) is 14.3 Å². The highest BCUT2D eigenvalue weighted by Gasteiger charge is 2.45. The summed E-state index contributed by atoms with van der Waals surface area (Å²) in [6.45, 7) is 2.27. The topological polar surface area (TPSA) is 43.4 Å². The largest absolute Gasteiger partial charge is 0.466 e. The van der Waals surface area contributed by atoms with Crippen molar-refractivity contribution < 1.29 is 14.3 Å². The van der Waals surface area contributed by atoms with Crippen LogP contribution in [0.1, 0.15) is 39.0 Å². The van der Waals surface area contributed by atoms with Crippen LogP contribution in [0.5, 0.6) is 0 Å². The van der Waals surface area contributed by atoms with Crippen LogP contribution in [-0.4, -0.2) is 18.4 Å². The molecule has 2 aliphatic rings. The van der Waals surface area contributed by atoms with Crippen LogP contribution in [0.25, 0.3) is 0 Å². The molecule has 0 N–H and O–H groups in total. The van der Waals surface area contributed by atoms with Crippen LogP contribution >= 0.6 is 0 Å². The quantitative estimate of drug-likeness (QED) is 0.654. The normalized spacial score (nSPS) is 35.0. The molecule has 0 saturated heterocycles. The molecule has 2 aliphatic carbocycles. The molecule has 0 amide bonds. The molecule has 3 unspecified atom stereocenters. The minimum absolute atomic E-state index is 0.000741. The van der Waals surface area contributed by atoms with Crippen molar-refractivity contribution in [1.82, 2.24) is 0 Å². The van der Waals surface area contributed by atoms with Crippen LogP contribution in [0, 0.1) is 17.8 Å². The minimum Gasteiger partial charge on any atom is -0.466 e. The molecule has 0 aromatic heterocycles. The molecule has 2 rings (SSSR count). The number of carbonyl (C=O) groups excluding carboxylic acids is 2. The van der Waals surface area contributed by atoms with Gasteiger partial charge in [-0.15, -0.1) is 0 Å². The van der Waals surface area contributed by atoms with Gasteiger partial charge in [0.1, 0.15) is 5.78 Å². The molecule has 0 aromatic carbocycles. The summed E-state index contributed by atoms with van der Waals surface area (Å²) in [4.78, 5) is 23.3. The number of ether oxygens (including phenoxy) is 1. The number of rotatable bonds is 2. The van der Waals surface area contributed by atoms with E-state index in [9.17, 15) is 9.59 Å². The second kappa shape index (κ2) is 4.33. The van der Waals surface area contributed by atoms with Gasteiger partial charge in [0.05, 0.1) is 12.5 Å². The number of carbonyl (C=O) groups is 2.